The molecule has 3 unspecified atom stereocenters. The van der Waals surface area contributed by atoms with Crippen LogP contribution in [-0.2, 0) is 9.53 Å². The summed E-state index contributed by atoms with van der Waals surface area (Å²) in [7, 11) is 0. The third kappa shape index (κ3) is 3.47. The summed E-state index contributed by atoms with van der Waals surface area (Å²) in [6.07, 6.45) is 3.17. The van der Waals surface area contributed by atoms with Crippen LogP contribution in [0.5, 0.6) is 0 Å². The Balaban J connectivity index is 2.32. The molecule has 2 N–H and O–H groups in total. The van der Waals surface area contributed by atoms with Gasteiger partial charge in [0.2, 0.25) is 0 Å². The van der Waals surface area contributed by atoms with E-state index < -0.39 is 18.1 Å². The summed E-state index contributed by atoms with van der Waals surface area (Å²) in [5.41, 5.74) is 0. The summed E-state index contributed by atoms with van der Waals surface area (Å²) >= 11 is 0. The van der Waals surface area contributed by atoms with Gasteiger partial charge in [-0.3, -0.25) is 4.79 Å². The fraction of sp³-hybridized carbons (Fsp3) is 0.909. The highest BCUT2D eigenvalue weighted by atomic mass is 16.6. The van der Waals surface area contributed by atoms with Crippen LogP contribution in [0.1, 0.15) is 39.0 Å². The zero-order valence-corrected chi connectivity index (χ0v) is 9.19. The van der Waals surface area contributed by atoms with Crippen molar-refractivity contribution in [3.05, 3.63) is 0 Å². The van der Waals surface area contributed by atoms with Gasteiger partial charge in [-0.15, -0.1) is 0 Å². The van der Waals surface area contributed by atoms with Crippen LogP contribution in [0.3, 0.4) is 0 Å². The first-order chi connectivity index (χ1) is 7.19. The van der Waals surface area contributed by atoms with E-state index in [9.17, 15) is 9.90 Å². The summed E-state index contributed by atoms with van der Waals surface area (Å²) in [5.74, 6) is -0.794. The molecule has 0 bridgehead atoms. The van der Waals surface area contributed by atoms with E-state index >= 15 is 0 Å². The maximum absolute atomic E-state index is 11.3. The molecule has 3 atom stereocenters. The smallest absolute Gasteiger partial charge is 0.312 e. The van der Waals surface area contributed by atoms with E-state index in [1.54, 1.807) is 0 Å². The summed E-state index contributed by atoms with van der Waals surface area (Å²) in [6.45, 7) is 1.95. The van der Waals surface area contributed by atoms with Gasteiger partial charge in [0, 0.05) is 6.42 Å². The van der Waals surface area contributed by atoms with Crippen molar-refractivity contribution < 1.29 is 19.7 Å². The number of carbonyl (C=O) groups is 1. The van der Waals surface area contributed by atoms with Crippen LogP contribution in [0.15, 0.2) is 0 Å². The Morgan fingerprint density at radius 1 is 1.53 bits per heavy atom. The molecule has 0 radical (unpaired) electrons. The first kappa shape index (κ1) is 12.5. The van der Waals surface area contributed by atoms with Crippen molar-refractivity contribution in [2.45, 2.75) is 51.2 Å². The maximum Gasteiger partial charge on any atom is 0.312 e. The van der Waals surface area contributed by atoms with Gasteiger partial charge in [0.05, 0.1) is 18.6 Å². The average molecular weight is 216 g/mol. The lowest BCUT2D eigenvalue weighted by Gasteiger charge is -2.13. The molecule has 0 amide bonds. The highest BCUT2D eigenvalue weighted by Crippen LogP contribution is 2.26. The van der Waals surface area contributed by atoms with Gasteiger partial charge in [0.15, 0.2) is 0 Å². The summed E-state index contributed by atoms with van der Waals surface area (Å²) < 4.78 is 4.90. The van der Waals surface area contributed by atoms with Gasteiger partial charge < -0.3 is 14.9 Å². The van der Waals surface area contributed by atoms with Crippen LogP contribution in [0, 0.1) is 5.92 Å². The number of unbranched alkanes of at least 4 members (excludes halogenated alkanes) is 2. The number of esters is 1. The van der Waals surface area contributed by atoms with Crippen molar-refractivity contribution in [2.75, 3.05) is 6.61 Å². The molecule has 15 heavy (non-hydrogen) atoms. The molecule has 1 aliphatic heterocycles. The molecule has 1 heterocycles. The number of aliphatic hydroxyl groups excluding tert-OH is 2. The molecule has 0 aromatic carbocycles. The first-order valence-electron chi connectivity index (χ1n) is 5.68. The van der Waals surface area contributed by atoms with Crippen molar-refractivity contribution in [1.82, 2.24) is 0 Å². The fourth-order valence-electron chi connectivity index (χ4n) is 1.91. The molecule has 0 spiro atoms. The van der Waals surface area contributed by atoms with Crippen LogP contribution in [-0.4, -0.2) is 35.0 Å². The number of aliphatic hydroxyl groups is 2. The summed E-state index contributed by atoms with van der Waals surface area (Å²) in [5, 5.41) is 18.6. The van der Waals surface area contributed by atoms with Crippen LogP contribution in [0.25, 0.3) is 0 Å². The molecule has 0 aromatic rings. The number of hydrogen-bond donors (Lipinski definition) is 2. The third-order valence-electron chi connectivity index (χ3n) is 2.87. The van der Waals surface area contributed by atoms with Crippen molar-refractivity contribution >= 4 is 5.97 Å². The molecular formula is C11H20O4. The van der Waals surface area contributed by atoms with Crippen molar-refractivity contribution in [1.29, 1.82) is 0 Å². The average Bonchev–Trinajstić information content (AvgIpc) is 2.60. The summed E-state index contributed by atoms with van der Waals surface area (Å²) in [6, 6.07) is 0. The van der Waals surface area contributed by atoms with Crippen molar-refractivity contribution in [2.24, 2.45) is 5.92 Å². The largest absolute Gasteiger partial charge is 0.460 e. The number of ether oxygens (including phenoxy) is 1. The second-order valence-corrected chi connectivity index (χ2v) is 4.15. The molecule has 88 valence electrons. The van der Waals surface area contributed by atoms with Crippen LogP contribution >= 0.6 is 0 Å². The monoisotopic (exact) mass is 216 g/mol. The maximum atomic E-state index is 11.3. The quantitative estimate of drug-likeness (QED) is 0.510. The molecule has 0 aliphatic carbocycles. The normalized spacial score (nSPS) is 27.8. The fourth-order valence-corrected chi connectivity index (χ4v) is 1.91. The lowest BCUT2D eigenvalue weighted by atomic mass is 9.94. The van der Waals surface area contributed by atoms with E-state index in [0.717, 1.165) is 19.3 Å². The van der Waals surface area contributed by atoms with E-state index in [1.807, 2.05) is 0 Å². The lowest BCUT2D eigenvalue weighted by Crippen LogP contribution is -2.24. The predicted octanol–water partition coefficient (Wildman–Crippen LogP) is 0.852. The Bertz CT molecular complexity index is 205. The Morgan fingerprint density at radius 2 is 2.27 bits per heavy atom. The Kier molecular flexibility index (Phi) is 5.05. The molecule has 1 aliphatic rings. The van der Waals surface area contributed by atoms with Gasteiger partial charge in [-0.25, -0.2) is 0 Å². The molecule has 0 aromatic heterocycles. The van der Waals surface area contributed by atoms with E-state index in [1.165, 1.54) is 0 Å². The highest BCUT2D eigenvalue weighted by molar-refractivity contribution is 5.75. The Labute approximate surface area is 90.2 Å². The minimum absolute atomic E-state index is 0.149. The molecule has 4 heteroatoms. The number of rotatable bonds is 6. The van der Waals surface area contributed by atoms with E-state index in [0.29, 0.717) is 12.8 Å². The standard InChI is InChI=1S/C11H20O4/c1-2-3-4-5-10(13)9-6-8(7-12)15-11(9)14/h8-10,12-13H,2-7H2,1H3. The third-order valence-corrected chi connectivity index (χ3v) is 2.87. The Morgan fingerprint density at radius 3 is 2.80 bits per heavy atom. The van der Waals surface area contributed by atoms with Gasteiger partial charge in [-0.2, -0.15) is 0 Å². The van der Waals surface area contributed by atoms with Crippen molar-refractivity contribution in [3.63, 3.8) is 0 Å². The van der Waals surface area contributed by atoms with Crippen LogP contribution in [0.2, 0.25) is 0 Å². The van der Waals surface area contributed by atoms with Gasteiger partial charge >= 0.3 is 5.97 Å². The van der Waals surface area contributed by atoms with Gasteiger partial charge in [0.1, 0.15) is 6.10 Å². The Hall–Kier alpha value is -0.610. The second kappa shape index (κ2) is 6.08. The molecule has 0 saturated carbocycles. The molecule has 1 saturated heterocycles. The molecular weight excluding hydrogens is 196 g/mol. The van der Waals surface area contributed by atoms with Crippen LogP contribution in [0.4, 0.5) is 0 Å². The van der Waals surface area contributed by atoms with E-state index in [2.05, 4.69) is 6.92 Å². The second-order valence-electron chi connectivity index (χ2n) is 4.15. The summed E-state index contributed by atoms with van der Waals surface area (Å²) in [4.78, 5) is 11.3. The number of hydrogen-bond acceptors (Lipinski definition) is 4. The van der Waals surface area contributed by atoms with Crippen LogP contribution < -0.4 is 0 Å². The van der Waals surface area contributed by atoms with Gasteiger partial charge in [-0.05, 0) is 6.42 Å². The first-order valence-corrected chi connectivity index (χ1v) is 5.68. The zero-order valence-electron chi connectivity index (χ0n) is 9.19. The zero-order chi connectivity index (χ0) is 11.3. The van der Waals surface area contributed by atoms with Crippen molar-refractivity contribution in [3.8, 4) is 0 Å². The van der Waals surface area contributed by atoms with E-state index in [-0.39, 0.29) is 12.6 Å². The minimum Gasteiger partial charge on any atom is -0.460 e. The molecule has 1 rings (SSSR count). The van der Waals surface area contributed by atoms with Gasteiger partial charge in [0.25, 0.3) is 0 Å². The molecule has 4 nitrogen and oxygen atoms in total. The number of carbonyl (C=O) groups excluding carboxylic acids is 1. The van der Waals surface area contributed by atoms with Gasteiger partial charge in [-0.1, -0.05) is 26.2 Å². The number of cyclic esters (lactones) is 1. The highest BCUT2D eigenvalue weighted by Gasteiger charge is 2.38. The minimum atomic E-state index is -0.611. The molecule has 1 fully saturated rings. The SMILES string of the molecule is CCCCCC(O)C1CC(CO)OC1=O. The lowest BCUT2D eigenvalue weighted by molar-refractivity contribution is -0.147. The van der Waals surface area contributed by atoms with E-state index in [4.69, 9.17) is 9.84 Å². The predicted molar refractivity (Wildman–Crippen MR) is 55.2 cm³/mol. The topological polar surface area (TPSA) is 66.8 Å².